The molecule has 3 rings (SSSR count). The van der Waals surface area contributed by atoms with E-state index in [1.807, 2.05) is 4.90 Å². The van der Waals surface area contributed by atoms with Crippen molar-refractivity contribution in [3.8, 4) is 0 Å². The summed E-state index contributed by atoms with van der Waals surface area (Å²) in [7, 11) is 0. The number of amides is 3. The van der Waals surface area contributed by atoms with Gasteiger partial charge in [0.05, 0.1) is 5.75 Å². The van der Waals surface area contributed by atoms with Gasteiger partial charge in [-0.1, -0.05) is 24.6 Å². The molecule has 3 fully saturated rings. The highest BCUT2D eigenvalue weighted by molar-refractivity contribution is 8.14. The Kier molecular flexibility index (Phi) is 4.52. The molecule has 1 saturated carbocycles. The monoisotopic (exact) mass is 310 g/mol. The lowest BCUT2D eigenvalue weighted by atomic mass is 10.00. The first-order valence-corrected chi connectivity index (χ1v) is 8.90. The Labute approximate surface area is 129 Å². The molecule has 3 amide bonds. The smallest absolute Gasteiger partial charge is 0.289 e. The Hall–Kier alpha value is -1.04. The van der Waals surface area contributed by atoms with Crippen molar-refractivity contribution >= 4 is 28.8 Å². The maximum absolute atomic E-state index is 12.3. The van der Waals surface area contributed by atoms with Crippen LogP contribution in [0.1, 0.15) is 44.9 Å². The molecule has 2 heterocycles. The number of piperidine rings is 1. The Balaban J connectivity index is 1.49. The number of hydrogen-bond donors (Lipinski definition) is 0. The molecule has 116 valence electrons. The summed E-state index contributed by atoms with van der Waals surface area (Å²) in [5.41, 5.74) is 0. The van der Waals surface area contributed by atoms with Gasteiger partial charge in [0, 0.05) is 25.6 Å². The van der Waals surface area contributed by atoms with Crippen LogP contribution in [0.3, 0.4) is 0 Å². The summed E-state index contributed by atoms with van der Waals surface area (Å²) in [6, 6.07) is -0.00414. The number of imide groups is 1. The highest BCUT2D eigenvalue weighted by Gasteiger charge is 2.38. The lowest BCUT2D eigenvalue weighted by molar-refractivity contribution is -0.134. The van der Waals surface area contributed by atoms with Crippen molar-refractivity contribution in [1.82, 2.24) is 9.80 Å². The van der Waals surface area contributed by atoms with Gasteiger partial charge in [0.25, 0.3) is 5.24 Å². The van der Waals surface area contributed by atoms with E-state index in [1.54, 1.807) is 0 Å². The highest BCUT2D eigenvalue weighted by Crippen LogP contribution is 2.30. The summed E-state index contributed by atoms with van der Waals surface area (Å²) in [6.07, 6.45) is 7.05. The van der Waals surface area contributed by atoms with Crippen molar-refractivity contribution in [3.05, 3.63) is 0 Å². The standard InChI is InChI=1S/C15H22N2O3S/c18-13(9-11-3-1-2-4-11)16-7-5-12(6-8-16)17-14(19)10-21-15(17)20/h11-12H,1-10H2. The number of nitrogens with zero attached hydrogens (tertiary/aromatic N) is 2. The van der Waals surface area contributed by atoms with Gasteiger partial charge >= 0.3 is 0 Å². The largest absolute Gasteiger partial charge is 0.343 e. The molecule has 0 unspecified atom stereocenters. The van der Waals surface area contributed by atoms with Crippen molar-refractivity contribution in [2.45, 2.75) is 51.0 Å². The van der Waals surface area contributed by atoms with E-state index >= 15 is 0 Å². The van der Waals surface area contributed by atoms with Crippen LogP contribution in [-0.4, -0.2) is 51.7 Å². The molecule has 21 heavy (non-hydrogen) atoms. The topological polar surface area (TPSA) is 57.7 Å². The molecule has 0 N–H and O–H groups in total. The molecule has 0 atom stereocenters. The van der Waals surface area contributed by atoms with E-state index in [0.29, 0.717) is 25.4 Å². The molecule has 3 aliphatic rings. The first-order valence-electron chi connectivity index (χ1n) is 7.91. The second kappa shape index (κ2) is 6.38. The first-order chi connectivity index (χ1) is 10.1. The summed E-state index contributed by atoms with van der Waals surface area (Å²) < 4.78 is 0. The molecule has 0 spiro atoms. The first kappa shape index (κ1) is 14.9. The maximum atomic E-state index is 12.3. The van der Waals surface area contributed by atoms with Gasteiger partial charge in [-0.3, -0.25) is 19.3 Å². The molecule has 0 bridgehead atoms. The average Bonchev–Trinajstić information content (AvgIpc) is 3.09. The predicted molar refractivity (Wildman–Crippen MR) is 80.9 cm³/mol. The van der Waals surface area contributed by atoms with Gasteiger partial charge in [0.1, 0.15) is 0 Å². The molecular formula is C15H22N2O3S. The van der Waals surface area contributed by atoms with Crippen LogP contribution in [0.15, 0.2) is 0 Å². The van der Waals surface area contributed by atoms with Gasteiger partial charge in [-0.2, -0.15) is 0 Å². The summed E-state index contributed by atoms with van der Waals surface area (Å²) in [5.74, 6) is 1.04. The van der Waals surface area contributed by atoms with Crippen LogP contribution in [0, 0.1) is 5.92 Å². The number of carbonyl (C=O) groups is 3. The van der Waals surface area contributed by atoms with Crippen molar-refractivity contribution < 1.29 is 14.4 Å². The third-order valence-electron chi connectivity index (χ3n) is 4.90. The van der Waals surface area contributed by atoms with E-state index in [-0.39, 0.29) is 28.8 Å². The second-order valence-corrected chi connectivity index (χ2v) is 7.21. The van der Waals surface area contributed by atoms with E-state index in [0.717, 1.165) is 24.6 Å². The predicted octanol–water partition coefficient (Wildman–Crippen LogP) is 2.25. The Morgan fingerprint density at radius 1 is 1.10 bits per heavy atom. The summed E-state index contributed by atoms with van der Waals surface area (Å²) >= 11 is 1.09. The number of thioether (sulfide) groups is 1. The highest BCUT2D eigenvalue weighted by atomic mass is 32.2. The molecule has 2 aliphatic heterocycles. The fourth-order valence-corrected chi connectivity index (χ4v) is 4.46. The Morgan fingerprint density at radius 2 is 1.76 bits per heavy atom. The van der Waals surface area contributed by atoms with Crippen molar-refractivity contribution in [2.75, 3.05) is 18.8 Å². The molecular weight excluding hydrogens is 288 g/mol. The van der Waals surface area contributed by atoms with Gasteiger partial charge in [-0.25, -0.2) is 0 Å². The van der Waals surface area contributed by atoms with Crippen molar-refractivity contribution in [3.63, 3.8) is 0 Å². The van der Waals surface area contributed by atoms with Gasteiger partial charge in [0.2, 0.25) is 11.8 Å². The van der Waals surface area contributed by atoms with Crippen LogP contribution in [-0.2, 0) is 9.59 Å². The minimum absolute atomic E-state index is 0.00414. The molecule has 0 radical (unpaired) electrons. The van der Waals surface area contributed by atoms with Gasteiger partial charge in [0.15, 0.2) is 0 Å². The minimum Gasteiger partial charge on any atom is -0.343 e. The number of likely N-dealkylation sites (tertiary alicyclic amines) is 1. The molecule has 5 nitrogen and oxygen atoms in total. The van der Waals surface area contributed by atoms with Crippen LogP contribution in [0.5, 0.6) is 0 Å². The minimum atomic E-state index is -0.115. The average molecular weight is 310 g/mol. The third kappa shape index (κ3) is 3.25. The summed E-state index contributed by atoms with van der Waals surface area (Å²) in [6.45, 7) is 1.36. The van der Waals surface area contributed by atoms with Crippen LogP contribution in [0.25, 0.3) is 0 Å². The Bertz CT molecular complexity index is 424. The normalized spacial score (nSPS) is 25.1. The maximum Gasteiger partial charge on any atom is 0.289 e. The van der Waals surface area contributed by atoms with E-state index in [2.05, 4.69) is 0 Å². The fraction of sp³-hybridized carbons (Fsp3) is 0.800. The molecule has 1 aliphatic carbocycles. The number of carbonyl (C=O) groups excluding carboxylic acids is 3. The summed E-state index contributed by atoms with van der Waals surface area (Å²) in [4.78, 5) is 39.1. The van der Waals surface area contributed by atoms with E-state index in [1.165, 1.54) is 30.6 Å². The van der Waals surface area contributed by atoms with Gasteiger partial charge in [-0.15, -0.1) is 0 Å². The second-order valence-electron chi connectivity index (χ2n) is 6.28. The molecule has 6 heteroatoms. The lowest BCUT2D eigenvalue weighted by Gasteiger charge is -2.35. The van der Waals surface area contributed by atoms with E-state index in [4.69, 9.17) is 0 Å². The quantitative estimate of drug-likeness (QED) is 0.802. The van der Waals surface area contributed by atoms with Crippen LogP contribution >= 0.6 is 11.8 Å². The summed E-state index contributed by atoms with van der Waals surface area (Å²) in [5, 5.41) is -0.115. The Morgan fingerprint density at radius 3 is 2.33 bits per heavy atom. The lowest BCUT2D eigenvalue weighted by Crippen LogP contribution is -2.48. The number of rotatable bonds is 3. The number of hydrogen-bond acceptors (Lipinski definition) is 4. The van der Waals surface area contributed by atoms with Crippen LogP contribution in [0.4, 0.5) is 4.79 Å². The van der Waals surface area contributed by atoms with Gasteiger partial charge < -0.3 is 4.90 Å². The zero-order valence-electron chi connectivity index (χ0n) is 12.3. The van der Waals surface area contributed by atoms with Crippen LogP contribution in [0.2, 0.25) is 0 Å². The molecule has 0 aromatic rings. The van der Waals surface area contributed by atoms with Gasteiger partial charge in [-0.05, 0) is 31.6 Å². The zero-order chi connectivity index (χ0) is 14.8. The fourth-order valence-electron chi connectivity index (χ4n) is 3.68. The van der Waals surface area contributed by atoms with Crippen LogP contribution < -0.4 is 0 Å². The molecule has 0 aromatic heterocycles. The molecule has 2 saturated heterocycles. The third-order valence-corrected chi connectivity index (χ3v) is 5.74. The van der Waals surface area contributed by atoms with E-state index in [9.17, 15) is 14.4 Å². The van der Waals surface area contributed by atoms with Crippen molar-refractivity contribution in [2.24, 2.45) is 5.92 Å². The van der Waals surface area contributed by atoms with E-state index < -0.39 is 0 Å². The zero-order valence-corrected chi connectivity index (χ0v) is 13.1. The van der Waals surface area contributed by atoms with Crippen molar-refractivity contribution in [1.29, 1.82) is 0 Å². The molecule has 0 aromatic carbocycles. The SMILES string of the molecule is O=C(CC1CCCC1)N1CCC(N2C(=O)CSC2=O)CC1.